The van der Waals surface area contributed by atoms with Crippen molar-refractivity contribution in [3.05, 3.63) is 41.6 Å². The van der Waals surface area contributed by atoms with E-state index in [-0.39, 0.29) is 18.0 Å². The first kappa shape index (κ1) is 17.2. The quantitative estimate of drug-likeness (QED) is 0.774. The summed E-state index contributed by atoms with van der Waals surface area (Å²) in [4.78, 5) is 16.4. The maximum absolute atomic E-state index is 11.8. The number of nitrogens with one attached hydrogen (secondary N) is 1. The Morgan fingerprint density at radius 2 is 2.23 bits per heavy atom. The first-order valence-corrected chi connectivity index (χ1v) is 7.95. The van der Waals surface area contributed by atoms with Crippen molar-refractivity contribution in [1.82, 2.24) is 14.8 Å². The Kier molecular flexibility index (Phi) is 4.71. The van der Waals surface area contributed by atoms with Gasteiger partial charge in [0.15, 0.2) is 11.6 Å². The number of hydrogen-bond donors (Lipinski definition) is 1. The molecule has 2 heterocycles. The largest absolute Gasteiger partial charge is 0.494 e. The number of methoxy groups -OCH3 is 1. The molecule has 0 radical (unpaired) electrons. The van der Waals surface area contributed by atoms with Gasteiger partial charge in [-0.15, -0.1) is 0 Å². The summed E-state index contributed by atoms with van der Waals surface area (Å²) in [6.45, 7) is 3.86. The van der Waals surface area contributed by atoms with Gasteiger partial charge < -0.3 is 9.47 Å². The second-order valence-corrected chi connectivity index (χ2v) is 5.43. The minimum Gasteiger partial charge on any atom is -0.494 e. The van der Waals surface area contributed by atoms with E-state index in [1.165, 1.54) is 10.9 Å². The highest BCUT2D eigenvalue weighted by atomic mass is 16.5. The monoisotopic (exact) mass is 351 g/mol. The molecular formula is C18H17N5O3. The lowest BCUT2D eigenvalue weighted by Gasteiger charge is -2.12. The first-order valence-electron chi connectivity index (χ1n) is 7.95. The van der Waals surface area contributed by atoms with E-state index in [1.807, 2.05) is 37.3 Å². The summed E-state index contributed by atoms with van der Waals surface area (Å²) in [5.74, 6) is 1.28. The van der Waals surface area contributed by atoms with Gasteiger partial charge in [-0.05, 0) is 31.5 Å². The number of nitriles is 1. The van der Waals surface area contributed by atoms with Crippen LogP contribution in [0.4, 0.5) is 10.6 Å². The molecule has 0 atom stereocenters. The molecule has 8 heteroatoms. The smallest absolute Gasteiger partial charge is 0.412 e. The lowest BCUT2D eigenvalue weighted by molar-refractivity contribution is 0.167. The second kappa shape index (κ2) is 7.11. The van der Waals surface area contributed by atoms with Crippen LogP contribution in [0.15, 0.2) is 30.5 Å². The summed E-state index contributed by atoms with van der Waals surface area (Å²) in [6.07, 6.45) is 0.700. The van der Waals surface area contributed by atoms with Gasteiger partial charge in [-0.2, -0.15) is 15.0 Å². The van der Waals surface area contributed by atoms with Crippen molar-refractivity contribution in [2.45, 2.75) is 13.8 Å². The average Bonchev–Trinajstić information content (AvgIpc) is 3.03. The summed E-state index contributed by atoms with van der Waals surface area (Å²) >= 11 is 0. The highest BCUT2D eigenvalue weighted by Gasteiger charge is 2.18. The molecule has 132 valence electrons. The molecule has 3 aromatic rings. The van der Waals surface area contributed by atoms with Gasteiger partial charge in [0.2, 0.25) is 0 Å². The minimum atomic E-state index is -0.666. The average molecular weight is 351 g/mol. The van der Waals surface area contributed by atoms with Crippen LogP contribution in [-0.4, -0.2) is 34.6 Å². The lowest BCUT2D eigenvalue weighted by Crippen LogP contribution is -2.17. The number of ether oxygens (including phenoxy) is 2. The van der Waals surface area contributed by atoms with E-state index in [0.29, 0.717) is 17.1 Å². The van der Waals surface area contributed by atoms with Gasteiger partial charge in [0.1, 0.15) is 22.9 Å². The number of rotatable bonds is 4. The second-order valence-electron chi connectivity index (χ2n) is 5.43. The fraction of sp³-hybridized carbons (Fsp3) is 0.222. The number of fused-ring (bicyclic) bond motifs is 1. The third kappa shape index (κ3) is 3.02. The van der Waals surface area contributed by atoms with E-state index in [9.17, 15) is 10.1 Å². The molecule has 0 saturated carbocycles. The molecular weight excluding hydrogens is 334 g/mol. The van der Waals surface area contributed by atoms with Crippen molar-refractivity contribution < 1.29 is 14.3 Å². The molecule has 26 heavy (non-hydrogen) atoms. The molecule has 1 amide bonds. The van der Waals surface area contributed by atoms with Gasteiger partial charge in [0.25, 0.3) is 0 Å². The van der Waals surface area contributed by atoms with E-state index < -0.39 is 6.09 Å². The summed E-state index contributed by atoms with van der Waals surface area (Å²) < 4.78 is 11.7. The van der Waals surface area contributed by atoms with Crippen molar-refractivity contribution >= 4 is 22.8 Å². The zero-order valence-corrected chi connectivity index (χ0v) is 14.6. The molecule has 1 aromatic carbocycles. The third-order valence-corrected chi connectivity index (χ3v) is 3.82. The molecule has 8 nitrogen and oxygen atoms in total. The number of para-hydroxylation sites is 1. The van der Waals surface area contributed by atoms with Gasteiger partial charge in [0, 0.05) is 5.39 Å². The van der Waals surface area contributed by atoms with E-state index in [4.69, 9.17) is 9.47 Å². The minimum absolute atomic E-state index is 0.201. The zero-order valence-electron chi connectivity index (χ0n) is 14.6. The normalized spacial score (nSPS) is 10.4. The number of aromatic nitrogens is 3. The van der Waals surface area contributed by atoms with Crippen molar-refractivity contribution in [2.24, 2.45) is 0 Å². The number of aryl methyl sites for hydroxylation is 1. The molecule has 2 aromatic heterocycles. The Morgan fingerprint density at radius 3 is 2.92 bits per heavy atom. The summed E-state index contributed by atoms with van der Waals surface area (Å²) in [7, 11) is 1.58. The summed E-state index contributed by atoms with van der Waals surface area (Å²) in [5.41, 5.74) is 1.83. The molecule has 0 fully saturated rings. The van der Waals surface area contributed by atoms with Crippen LogP contribution in [0.5, 0.6) is 5.75 Å². The van der Waals surface area contributed by atoms with Gasteiger partial charge in [-0.3, -0.25) is 5.32 Å². The molecule has 0 aliphatic rings. The predicted molar refractivity (Wildman–Crippen MR) is 95.5 cm³/mol. The predicted octanol–water partition coefficient (Wildman–Crippen LogP) is 3.18. The van der Waals surface area contributed by atoms with Gasteiger partial charge in [-0.1, -0.05) is 12.1 Å². The third-order valence-electron chi connectivity index (χ3n) is 3.82. The topological polar surface area (TPSA) is 102 Å². The number of benzene rings is 1. The van der Waals surface area contributed by atoms with Crippen LogP contribution in [0.2, 0.25) is 0 Å². The highest BCUT2D eigenvalue weighted by Crippen LogP contribution is 2.29. The SMILES string of the molecule is CCOC(=O)Nc1c(C#N)cnn1-c1cc(C)c2cccc(OC)c2n1. The number of hydrogen-bond acceptors (Lipinski definition) is 6. The molecule has 0 aliphatic carbocycles. The van der Waals surface area contributed by atoms with E-state index >= 15 is 0 Å². The Balaban J connectivity index is 2.16. The van der Waals surface area contributed by atoms with Crippen LogP contribution in [0, 0.1) is 18.3 Å². The van der Waals surface area contributed by atoms with Crippen molar-refractivity contribution in [3.63, 3.8) is 0 Å². The standard InChI is InChI=1S/C18H17N5O3/c1-4-26-18(24)22-17-12(9-19)10-20-23(17)15-8-11(2)13-6-5-7-14(25-3)16(13)21-15/h5-8,10H,4H2,1-3H3,(H,22,24). The molecule has 0 bridgehead atoms. The Morgan fingerprint density at radius 1 is 1.42 bits per heavy atom. The van der Waals surface area contributed by atoms with Crippen LogP contribution in [0.25, 0.3) is 16.7 Å². The number of pyridine rings is 1. The highest BCUT2D eigenvalue weighted by molar-refractivity contribution is 5.89. The fourth-order valence-electron chi connectivity index (χ4n) is 2.64. The van der Waals surface area contributed by atoms with Crippen LogP contribution < -0.4 is 10.1 Å². The number of carbonyl (C=O) groups is 1. The summed E-state index contributed by atoms with van der Waals surface area (Å²) in [6, 6.07) is 9.49. The Bertz CT molecular complexity index is 1020. The van der Waals surface area contributed by atoms with Crippen LogP contribution in [0.1, 0.15) is 18.1 Å². The van der Waals surface area contributed by atoms with Gasteiger partial charge in [0.05, 0.1) is 19.9 Å². The molecule has 3 rings (SSSR count). The maximum atomic E-state index is 11.8. The van der Waals surface area contributed by atoms with Crippen molar-refractivity contribution in [1.29, 1.82) is 5.26 Å². The number of carbonyl (C=O) groups excluding carboxylic acids is 1. The lowest BCUT2D eigenvalue weighted by atomic mass is 10.1. The van der Waals surface area contributed by atoms with E-state index in [1.54, 1.807) is 14.0 Å². The van der Waals surface area contributed by atoms with Crippen molar-refractivity contribution in [2.75, 3.05) is 19.0 Å². The van der Waals surface area contributed by atoms with Crippen LogP contribution >= 0.6 is 0 Å². The van der Waals surface area contributed by atoms with E-state index in [0.717, 1.165) is 10.9 Å². The van der Waals surface area contributed by atoms with Crippen LogP contribution in [0.3, 0.4) is 0 Å². The maximum Gasteiger partial charge on any atom is 0.412 e. The first-order chi connectivity index (χ1) is 12.6. The van der Waals surface area contributed by atoms with Gasteiger partial charge >= 0.3 is 6.09 Å². The molecule has 0 spiro atoms. The number of nitrogens with zero attached hydrogens (tertiary/aromatic N) is 4. The molecule has 1 N–H and O–H groups in total. The fourth-order valence-corrected chi connectivity index (χ4v) is 2.64. The number of amides is 1. The number of anilines is 1. The van der Waals surface area contributed by atoms with Crippen LogP contribution in [-0.2, 0) is 4.74 Å². The Labute approximate surface area is 150 Å². The molecule has 0 unspecified atom stereocenters. The zero-order chi connectivity index (χ0) is 18.7. The van der Waals surface area contributed by atoms with E-state index in [2.05, 4.69) is 15.4 Å². The molecule has 0 saturated heterocycles. The molecule has 0 aliphatic heterocycles. The van der Waals surface area contributed by atoms with Crippen molar-refractivity contribution in [3.8, 4) is 17.6 Å². The van der Waals surface area contributed by atoms with Gasteiger partial charge in [-0.25, -0.2) is 9.78 Å². The Hall–Kier alpha value is -3.60. The summed E-state index contributed by atoms with van der Waals surface area (Å²) in [5, 5.41) is 17.0.